The molecule has 0 bridgehead atoms. The summed E-state index contributed by atoms with van der Waals surface area (Å²) < 4.78 is 8.03. The van der Waals surface area contributed by atoms with Gasteiger partial charge in [-0.3, -0.25) is 0 Å². The Morgan fingerprint density at radius 2 is 1.80 bits per heavy atom. The van der Waals surface area contributed by atoms with Gasteiger partial charge in [0, 0.05) is 20.9 Å². The van der Waals surface area contributed by atoms with Crippen molar-refractivity contribution >= 4 is 47.8 Å². The number of fused-ring (bicyclic) bond motifs is 1. The van der Waals surface area contributed by atoms with E-state index in [1.807, 2.05) is 0 Å². The Hall–Kier alpha value is -0.320. The van der Waals surface area contributed by atoms with Crippen LogP contribution in [0.3, 0.4) is 0 Å². The van der Waals surface area contributed by atoms with Crippen LogP contribution in [-0.4, -0.2) is 6.61 Å². The summed E-state index contributed by atoms with van der Waals surface area (Å²) in [5.74, 6) is 1.04. The molecule has 1 heterocycles. The first-order valence-corrected chi connectivity index (χ1v) is 8.91. The third-order valence-electron chi connectivity index (χ3n) is 3.56. The minimum Gasteiger partial charge on any atom is -0.493 e. The maximum Gasteiger partial charge on any atom is 0.127 e. The minimum absolute atomic E-state index is 0.129. The highest BCUT2D eigenvalue weighted by atomic mass is 79.9. The molecule has 2 aromatic carbocycles. The van der Waals surface area contributed by atoms with Crippen molar-refractivity contribution in [2.45, 2.75) is 18.2 Å². The molecule has 1 atom stereocenters. The number of halogens is 3. The van der Waals surface area contributed by atoms with Gasteiger partial charge in [-0.05, 0) is 47.9 Å². The van der Waals surface area contributed by atoms with Gasteiger partial charge in [0.25, 0.3) is 0 Å². The molecular weight excluding hydrogens is 448 g/mol. The first kappa shape index (κ1) is 14.6. The summed E-state index contributed by atoms with van der Waals surface area (Å²) in [7, 11) is 0. The Morgan fingerprint density at radius 1 is 1.05 bits per heavy atom. The summed E-state index contributed by atoms with van der Waals surface area (Å²) >= 11 is 11.0. The van der Waals surface area contributed by atoms with Gasteiger partial charge in [0.1, 0.15) is 5.75 Å². The lowest BCUT2D eigenvalue weighted by Crippen LogP contribution is -1.99. The van der Waals surface area contributed by atoms with Crippen LogP contribution in [0.4, 0.5) is 0 Å². The quantitative estimate of drug-likeness (QED) is 0.504. The average Bonchev–Trinajstić information content (AvgIpc) is 2.87. The van der Waals surface area contributed by atoms with Crippen LogP contribution in [0.5, 0.6) is 5.75 Å². The second-order valence-corrected chi connectivity index (χ2v) is 7.69. The molecule has 0 amide bonds. The predicted molar refractivity (Wildman–Crippen MR) is 93.0 cm³/mol. The van der Waals surface area contributed by atoms with Crippen molar-refractivity contribution < 1.29 is 4.74 Å². The van der Waals surface area contributed by atoms with E-state index in [4.69, 9.17) is 4.74 Å². The Morgan fingerprint density at radius 3 is 2.60 bits per heavy atom. The summed E-state index contributed by atoms with van der Waals surface area (Å²) in [6.07, 6.45) is 0.985. The molecule has 0 N–H and O–H groups in total. The maximum absolute atomic E-state index is 5.83. The van der Waals surface area contributed by atoms with E-state index < -0.39 is 0 Å². The fourth-order valence-corrected chi connectivity index (χ4v) is 4.27. The Labute approximate surface area is 144 Å². The van der Waals surface area contributed by atoms with Crippen LogP contribution in [0.15, 0.2) is 39.3 Å². The Bertz CT molecular complexity index is 667. The second-order valence-electron chi connectivity index (χ2n) is 4.95. The SMILES string of the molecule is Cc1ccc(Br)cc1C(Br)c1cc(Br)cc2c1OCC2. The number of ether oxygens (including phenoxy) is 1. The van der Waals surface area contributed by atoms with Crippen LogP contribution in [0.2, 0.25) is 0 Å². The third kappa shape index (κ3) is 2.70. The van der Waals surface area contributed by atoms with Crippen LogP contribution in [-0.2, 0) is 6.42 Å². The molecule has 1 aliphatic rings. The van der Waals surface area contributed by atoms with Crippen molar-refractivity contribution in [3.05, 3.63) is 61.5 Å². The van der Waals surface area contributed by atoms with E-state index in [9.17, 15) is 0 Å². The first-order chi connectivity index (χ1) is 9.56. The Kier molecular flexibility index (Phi) is 4.25. The molecular formula is C16H13Br3O. The van der Waals surface area contributed by atoms with Crippen LogP contribution in [0.1, 0.15) is 27.1 Å². The second kappa shape index (κ2) is 5.82. The fourth-order valence-electron chi connectivity index (χ4n) is 2.54. The largest absolute Gasteiger partial charge is 0.493 e. The molecule has 20 heavy (non-hydrogen) atoms. The Balaban J connectivity index is 2.11. The molecule has 0 aromatic heterocycles. The number of benzene rings is 2. The zero-order valence-corrected chi connectivity index (χ0v) is 15.7. The fraction of sp³-hybridized carbons (Fsp3) is 0.250. The van der Waals surface area contributed by atoms with E-state index in [-0.39, 0.29) is 4.83 Å². The summed E-state index contributed by atoms with van der Waals surface area (Å²) in [5.41, 5.74) is 5.00. The summed E-state index contributed by atoms with van der Waals surface area (Å²) in [5, 5.41) is 0. The number of rotatable bonds is 2. The third-order valence-corrected chi connectivity index (χ3v) is 5.50. The highest BCUT2D eigenvalue weighted by molar-refractivity contribution is 9.11. The van der Waals surface area contributed by atoms with E-state index in [1.165, 1.54) is 22.3 Å². The van der Waals surface area contributed by atoms with Crippen LogP contribution in [0.25, 0.3) is 0 Å². The van der Waals surface area contributed by atoms with Crippen molar-refractivity contribution in [3.8, 4) is 5.75 Å². The van der Waals surface area contributed by atoms with Gasteiger partial charge in [0.15, 0.2) is 0 Å². The average molecular weight is 461 g/mol. The standard InChI is InChI=1S/C16H13Br3O/c1-9-2-3-11(17)7-13(9)15(19)14-8-12(18)6-10-4-5-20-16(10)14/h2-3,6-8,15H,4-5H2,1H3. The number of hydrogen-bond acceptors (Lipinski definition) is 1. The highest BCUT2D eigenvalue weighted by Gasteiger charge is 2.23. The first-order valence-electron chi connectivity index (χ1n) is 6.41. The van der Waals surface area contributed by atoms with E-state index in [0.717, 1.165) is 27.7 Å². The highest BCUT2D eigenvalue weighted by Crippen LogP contribution is 2.43. The molecule has 1 unspecified atom stereocenters. The number of alkyl halides is 1. The van der Waals surface area contributed by atoms with Crippen molar-refractivity contribution in [2.75, 3.05) is 6.61 Å². The van der Waals surface area contributed by atoms with Crippen molar-refractivity contribution in [2.24, 2.45) is 0 Å². The topological polar surface area (TPSA) is 9.23 Å². The van der Waals surface area contributed by atoms with Gasteiger partial charge in [-0.1, -0.05) is 53.9 Å². The van der Waals surface area contributed by atoms with Crippen LogP contribution in [0, 0.1) is 6.92 Å². The van der Waals surface area contributed by atoms with E-state index in [2.05, 4.69) is 85.0 Å². The maximum atomic E-state index is 5.83. The summed E-state index contributed by atoms with van der Waals surface area (Å²) in [4.78, 5) is 0.129. The van der Waals surface area contributed by atoms with Gasteiger partial charge in [0.05, 0.1) is 11.4 Å². The molecule has 0 saturated heterocycles. The molecule has 0 radical (unpaired) electrons. The molecule has 1 nitrogen and oxygen atoms in total. The van der Waals surface area contributed by atoms with Crippen LogP contribution < -0.4 is 4.74 Å². The summed E-state index contributed by atoms with van der Waals surface area (Å²) in [6, 6.07) is 10.7. The molecule has 0 aliphatic carbocycles. The molecule has 1 aliphatic heterocycles. The van der Waals surface area contributed by atoms with Crippen LogP contribution >= 0.6 is 47.8 Å². The molecule has 0 spiro atoms. The smallest absolute Gasteiger partial charge is 0.127 e. The minimum atomic E-state index is 0.129. The van der Waals surface area contributed by atoms with Crippen molar-refractivity contribution in [1.29, 1.82) is 0 Å². The number of hydrogen-bond donors (Lipinski definition) is 0. The lowest BCUT2D eigenvalue weighted by molar-refractivity contribution is 0.354. The summed E-state index contributed by atoms with van der Waals surface area (Å²) in [6.45, 7) is 2.91. The molecule has 2 aromatic rings. The van der Waals surface area contributed by atoms with E-state index in [0.29, 0.717) is 0 Å². The van der Waals surface area contributed by atoms with Gasteiger partial charge >= 0.3 is 0 Å². The molecule has 3 rings (SSSR count). The van der Waals surface area contributed by atoms with E-state index in [1.54, 1.807) is 0 Å². The molecule has 0 saturated carbocycles. The van der Waals surface area contributed by atoms with Crippen molar-refractivity contribution in [1.82, 2.24) is 0 Å². The zero-order chi connectivity index (χ0) is 14.3. The van der Waals surface area contributed by atoms with Gasteiger partial charge in [-0.25, -0.2) is 0 Å². The van der Waals surface area contributed by atoms with E-state index >= 15 is 0 Å². The molecule has 4 heteroatoms. The lowest BCUT2D eigenvalue weighted by Gasteiger charge is -2.17. The van der Waals surface area contributed by atoms with Crippen molar-refractivity contribution in [3.63, 3.8) is 0 Å². The number of aryl methyl sites for hydroxylation is 1. The zero-order valence-electron chi connectivity index (χ0n) is 10.9. The lowest BCUT2D eigenvalue weighted by atomic mass is 9.98. The monoisotopic (exact) mass is 458 g/mol. The normalized spacial score (nSPS) is 14.8. The van der Waals surface area contributed by atoms with Gasteiger partial charge in [-0.15, -0.1) is 0 Å². The van der Waals surface area contributed by atoms with Gasteiger partial charge in [0.2, 0.25) is 0 Å². The molecule has 104 valence electrons. The van der Waals surface area contributed by atoms with Gasteiger partial charge < -0.3 is 4.74 Å². The van der Waals surface area contributed by atoms with Gasteiger partial charge in [-0.2, -0.15) is 0 Å². The predicted octanol–water partition coefficient (Wildman–Crippen LogP) is 5.94. The molecule has 0 fully saturated rings.